The number of carbonyl (C=O) groups excluding carboxylic acids is 1. The molecular weight excluding hydrogens is 202 g/mol. The summed E-state index contributed by atoms with van der Waals surface area (Å²) in [5, 5.41) is 3.07. The van der Waals surface area contributed by atoms with Crippen LogP contribution in [0.15, 0.2) is 30.3 Å². The molecule has 0 unspecified atom stereocenters. The quantitative estimate of drug-likeness (QED) is 0.608. The Kier molecular flexibility index (Phi) is 5.29. The standard InChI is InChI=1S/C13H17NO2/c1-14-9-4-3-6-11-7-5-8-12(10-11)13(15)16-2/h3,5-8,10,14H,4,9H2,1-2H3. The van der Waals surface area contributed by atoms with Gasteiger partial charge in [0.15, 0.2) is 0 Å². The lowest BCUT2D eigenvalue weighted by Crippen LogP contribution is -2.05. The Hall–Kier alpha value is -1.61. The molecule has 3 nitrogen and oxygen atoms in total. The van der Waals surface area contributed by atoms with Gasteiger partial charge in [0.05, 0.1) is 12.7 Å². The molecule has 0 saturated carbocycles. The fourth-order valence-electron chi connectivity index (χ4n) is 1.33. The van der Waals surface area contributed by atoms with Crippen molar-refractivity contribution in [2.24, 2.45) is 0 Å². The molecule has 0 heterocycles. The van der Waals surface area contributed by atoms with Crippen LogP contribution in [-0.4, -0.2) is 26.7 Å². The topological polar surface area (TPSA) is 38.3 Å². The number of ether oxygens (including phenoxy) is 1. The lowest BCUT2D eigenvalue weighted by Gasteiger charge is -2.00. The molecule has 1 aromatic carbocycles. The van der Waals surface area contributed by atoms with E-state index in [1.165, 1.54) is 7.11 Å². The van der Waals surface area contributed by atoms with E-state index in [0.717, 1.165) is 18.5 Å². The average molecular weight is 219 g/mol. The Bertz CT molecular complexity index is 372. The molecule has 0 bridgehead atoms. The first-order valence-corrected chi connectivity index (χ1v) is 5.27. The lowest BCUT2D eigenvalue weighted by molar-refractivity contribution is 0.0600. The largest absolute Gasteiger partial charge is 0.465 e. The zero-order valence-electron chi connectivity index (χ0n) is 9.69. The van der Waals surface area contributed by atoms with E-state index in [2.05, 4.69) is 16.1 Å². The van der Waals surface area contributed by atoms with E-state index in [4.69, 9.17) is 0 Å². The van der Waals surface area contributed by atoms with Crippen LogP contribution in [0.4, 0.5) is 0 Å². The van der Waals surface area contributed by atoms with Crippen molar-refractivity contribution in [3.8, 4) is 0 Å². The lowest BCUT2D eigenvalue weighted by atomic mass is 10.1. The second-order valence-electron chi connectivity index (χ2n) is 3.41. The monoisotopic (exact) mass is 219 g/mol. The fourth-order valence-corrected chi connectivity index (χ4v) is 1.33. The minimum atomic E-state index is -0.300. The number of esters is 1. The molecule has 0 radical (unpaired) electrons. The number of hydrogen-bond donors (Lipinski definition) is 1. The predicted octanol–water partition coefficient (Wildman–Crippen LogP) is 2.10. The molecule has 0 aliphatic carbocycles. The number of nitrogens with one attached hydrogen (secondary N) is 1. The van der Waals surface area contributed by atoms with Crippen molar-refractivity contribution in [3.05, 3.63) is 41.5 Å². The van der Waals surface area contributed by atoms with E-state index < -0.39 is 0 Å². The molecule has 86 valence electrons. The number of hydrogen-bond acceptors (Lipinski definition) is 3. The summed E-state index contributed by atoms with van der Waals surface area (Å²) < 4.78 is 4.66. The van der Waals surface area contributed by atoms with Crippen molar-refractivity contribution in [1.82, 2.24) is 5.32 Å². The molecule has 1 aromatic rings. The molecule has 1 rings (SSSR count). The van der Waals surface area contributed by atoms with Gasteiger partial charge in [-0.15, -0.1) is 0 Å². The maximum Gasteiger partial charge on any atom is 0.337 e. The average Bonchev–Trinajstić information content (AvgIpc) is 2.34. The Balaban J connectivity index is 2.67. The molecule has 0 spiro atoms. The minimum absolute atomic E-state index is 0.300. The molecule has 0 fully saturated rings. The zero-order chi connectivity index (χ0) is 11.8. The van der Waals surface area contributed by atoms with Crippen LogP contribution in [0.5, 0.6) is 0 Å². The third-order valence-corrected chi connectivity index (χ3v) is 2.18. The molecule has 0 amide bonds. The van der Waals surface area contributed by atoms with Crippen LogP contribution in [-0.2, 0) is 4.74 Å². The molecule has 0 saturated heterocycles. The number of rotatable bonds is 5. The van der Waals surface area contributed by atoms with Crippen LogP contribution in [0, 0.1) is 0 Å². The molecule has 0 aromatic heterocycles. The number of methoxy groups -OCH3 is 1. The van der Waals surface area contributed by atoms with E-state index >= 15 is 0 Å². The Labute approximate surface area is 96.1 Å². The maximum absolute atomic E-state index is 11.3. The van der Waals surface area contributed by atoms with Gasteiger partial charge in [-0.1, -0.05) is 24.3 Å². The third kappa shape index (κ3) is 3.87. The summed E-state index contributed by atoms with van der Waals surface area (Å²) >= 11 is 0. The van der Waals surface area contributed by atoms with Gasteiger partial charge in [0.25, 0.3) is 0 Å². The van der Waals surface area contributed by atoms with Crippen molar-refractivity contribution in [2.75, 3.05) is 20.7 Å². The third-order valence-electron chi connectivity index (χ3n) is 2.18. The Morgan fingerprint density at radius 3 is 3.00 bits per heavy atom. The highest BCUT2D eigenvalue weighted by Crippen LogP contribution is 2.08. The molecule has 0 atom stereocenters. The molecular formula is C13H17NO2. The molecule has 0 aliphatic heterocycles. The SMILES string of the molecule is CNCCC=Cc1cccc(C(=O)OC)c1. The summed E-state index contributed by atoms with van der Waals surface area (Å²) in [5.41, 5.74) is 1.59. The summed E-state index contributed by atoms with van der Waals surface area (Å²) in [6, 6.07) is 7.38. The Morgan fingerprint density at radius 2 is 2.31 bits per heavy atom. The van der Waals surface area contributed by atoms with E-state index in [1.54, 1.807) is 6.07 Å². The van der Waals surface area contributed by atoms with E-state index in [-0.39, 0.29) is 5.97 Å². The molecule has 1 N–H and O–H groups in total. The summed E-state index contributed by atoms with van der Waals surface area (Å²) in [4.78, 5) is 11.3. The van der Waals surface area contributed by atoms with Crippen LogP contribution < -0.4 is 5.32 Å². The van der Waals surface area contributed by atoms with Gasteiger partial charge in [0.2, 0.25) is 0 Å². The van der Waals surface area contributed by atoms with Gasteiger partial charge < -0.3 is 10.1 Å². The van der Waals surface area contributed by atoms with Crippen LogP contribution in [0.3, 0.4) is 0 Å². The van der Waals surface area contributed by atoms with Crippen LogP contribution in [0.2, 0.25) is 0 Å². The Morgan fingerprint density at radius 1 is 1.50 bits per heavy atom. The highest BCUT2D eigenvalue weighted by molar-refractivity contribution is 5.89. The van der Waals surface area contributed by atoms with Crippen LogP contribution in [0.1, 0.15) is 22.3 Å². The van der Waals surface area contributed by atoms with Crippen molar-refractivity contribution in [1.29, 1.82) is 0 Å². The minimum Gasteiger partial charge on any atom is -0.465 e. The van der Waals surface area contributed by atoms with Gasteiger partial charge in [0.1, 0.15) is 0 Å². The summed E-state index contributed by atoms with van der Waals surface area (Å²) in [6.07, 6.45) is 5.05. The van der Waals surface area contributed by atoms with Crippen molar-refractivity contribution >= 4 is 12.0 Å². The number of benzene rings is 1. The molecule has 16 heavy (non-hydrogen) atoms. The number of carbonyl (C=O) groups is 1. The van der Waals surface area contributed by atoms with Crippen LogP contribution >= 0.6 is 0 Å². The first-order valence-electron chi connectivity index (χ1n) is 5.27. The first kappa shape index (κ1) is 12.5. The molecule has 0 aliphatic rings. The van der Waals surface area contributed by atoms with Crippen molar-refractivity contribution < 1.29 is 9.53 Å². The normalized spacial score (nSPS) is 10.6. The second kappa shape index (κ2) is 6.80. The van der Waals surface area contributed by atoms with Gasteiger partial charge in [0, 0.05) is 0 Å². The highest BCUT2D eigenvalue weighted by atomic mass is 16.5. The van der Waals surface area contributed by atoms with Gasteiger partial charge >= 0.3 is 5.97 Å². The predicted molar refractivity (Wildman–Crippen MR) is 65.4 cm³/mol. The van der Waals surface area contributed by atoms with Gasteiger partial charge in [-0.05, 0) is 37.7 Å². The zero-order valence-corrected chi connectivity index (χ0v) is 9.69. The van der Waals surface area contributed by atoms with E-state index in [0.29, 0.717) is 5.56 Å². The van der Waals surface area contributed by atoms with Crippen LogP contribution in [0.25, 0.3) is 6.08 Å². The van der Waals surface area contributed by atoms with E-state index in [1.807, 2.05) is 31.3 Å². The van der Waals surface area contributed by atoms with Gasteiger partial charge in [-0.3, -0.25) is 0 Å². The maximum atomic E-state index is 11.3. The fraction of sp³-hybridized carbons (Fsp3) is 0.308. The second-order valence-corrected chi connectivity index (χ2v) is 3.41. The van der Waals surface area contributed by atoms with Crippen molar-refractivity contribution in [2.45, 2.75) is 6.42 Å². The van der Waals surface area contributed by atoms with Gasteiger partial charge in [-0.25, -0.2) is 4.79 Å². The van der Waals surface area contributed by atoms with E-state index in [9.17, 15) is 4.79 Å². The van der Waals surface area contributed by atoms with Crippen molar-refractivity contribution in [3.63, 3.8) is 0 Å². The summed E-state index contributed by atoms with van der Waals surface area (Å²) in [6.45, 7) is 0.952. The molecule has 3 heteroatoms. The first-order chi connectivity index (χ1) is 7.77. The smallest absolute Gasteiger partial charge is 0.337 e. The summed E-state index contributed by atoms with van der Waals surface area (Å²) in [5.74, 6) is -0.300. The summed E-state index contributed by atoms with van der Waals surface area (Å²) in [7, 11) is 3.31. The van der Waals surface area contributed by atoms with Gasteiger partial charge in [-0.2, -0.15) is 0 Å². The highest BCUT2D eigenvalue weighted by Gasteiger charge is 2.03.